The molecule has 1 aliphatic carbocycles. The highest BCUT2D eigenvalue weighted by Crippen LogP contribution is 2.42. The summed E-state index contributed by atoms with van der Waals surface area (Å²) in [5, 5.41) is 5.56. The number of fused-ring (bicyclic) bond motifs is 1. The smallest absolute Gasteiger partial charge is 0.0342 e. The van der Waals surface area contributed by atoms with Crippen molar-refractivity contribution in [1.29, 1.82) is 0 Å². The highest BCUT2D eigenvalue weighted by molar-refractivity contribution is 7.13. The van der Waals surface area contributed by atoms with Gasteiger partial charge in [-0.1, -0.05) is 54.6 Å². The first-order chi connectivity index (χ1) is 11.9. The van der Waals surface area contributed by atoms with Crippen LogP contribution in [-0.2, 0) is 6.42 Å². The van der Waals surface area contributed by atoms with Crippen LogP contribution in [0.3, 0.4) is 0 Å². The second kappa shape index (κ2) is 6.92. The second-order valence-electron chi connectivity index (χ2n) is 6.64. The molecule has 0 amide bonds. The van der Waals surface area contributed by atoms with E-state index in [0.717, 1.165) is 6.54 Å². The van der Waals surface area contributed by atoms with Crippen molar-refractivity contribution in [2.24, 2.45) is 5.92 Å². The average molecular weight is 334 g/mol. The van der Waals surface area contributed by atoms with Crippen LogP contribution in [0.4, 0.5) is 0 Å². The van der Waals surface area contributed by atoms with Gasteiger partial charge in [0.05, 0.1) is 0 Å². The molecule has 2 atom stereocenters. The predicted molar refractivity (Wildman–Crippen MR) is 104 cm³/mol. The van der Waals surface area contributed by atoms with Gasteiger partial charge in [0, 0.05) is 10.8 Å². The molecule has 0 spiro atoms. The molecule has 3 aromatic rings. The molecule has 0 aliphatic heterocycles. The van der Waals surface area contributed by atoms with Crippen molar-refractivity contribution in [3.63, 3.8) is 0 Å². The lowest BCUT2D eigenvalue weighted by atomic mass is 9.71. The molecular formula is C22H23NS. The first-order valence-electron chi connectivity index (χ1n) is 8.73. The molecule has 0 saturated carbocycles. The summed E-state index contributed by atoms with van der Waals surface area (Å²) >= 11 is 1.82. The van der Waals surface area contributed by atoms with E-state index in [9.17, 15) is 0 Å². The maximum Gasteiger partial charge on any atom is 0.0342 e. The van der Waals surface area contributed by atoms with Gasteiger partial charge < -0.3 is 5.32 Å². The van der Waals surface area contributed by atoms with Crippen LogP contribution >= 0.6 is 11.3 Å². The molecule has 0 fully saturated rings. The summed E-state index contributed by atoms with van der Waals surface area (Å²) in [5.41, 5.74) is 5.86. The fraction of sp³-hybridized carbons (Fsp3) is 0.273. The van der Waals surface area contributed by atoms with Gasteiger partial charge in [0.2, 0.25) is 0 Å². The Bertz CT molecular complexity index is 792. The van der Waals surface area contributed by atoms with E-state index in [2.05, 4.69) is 78.4 Å². The Kier molecular flexibility index (Phi) is 4.50. The van der Waals surface area contributed by atoms with Crippen molar-refractivity contribution >= 4 is 11.3 Å². The molecule has 0 saturated heterocycles. The molecule has 0 unspecified atom stereocenters. The van der Waals surface area contributed by atoms with Crippen molar-refractivity contribution in [2.75, 3.05) is 13.6 Å². The van der Waals surface area contributed by atoms with Crippen LogP contribution in [0.2, 0.25) is 0 Å². The Hall–Kier alpha value is -1.90. The zero-order chi connectivity index (χ0) is 16.4. The van der Waals surface area contributed by atoms with Gasteiger partial charge in [0.25, 0.3) is 0 Å². The summed E-state index contributed by atoms with van der Waals surface area (Å²) in [7, 11) is 2.07. The van der Waals surface area contributed by atoms with Crippen molar-refractivity contribution in [3.8, 4) is 10.4 Å². The van der Waals surface area contributed by atoms with Gasteiger partial charge >= 0.3 is 0 Å². The maximum atomic E-state index is 3.40. The molecule has 1 aromatic heterocycles. The highest BCUT2D eigenvalue weighted by Gasteiger charge is 2.30. The minimum absolute atomic E-state index is 0.500. The molecule has 0 radical (unpaired) electrons. The third kappa shape index (κ3) is 2.92. The Labute approximate surface area is 148 Å². The lowest BCUT2D eigenvalue weighted by Crippen LogP contribution is -2.29. The van der Waals surface area contributed by atoms with Crippen LogP contribution in [0.5, 0.6) is 0 Å². The Balaban J connectivity index is 1.77. The summed E-state index contributed by atoms with van der Waals surface area (Å²) in [4.78, 5) is 1.37. The highest BCUT2D eigenvalue weighted by atomic mass is 32.1. The normalized spacial score (nSPS) is 19.9. The molecule has 2 heteroatoms. The van der Waals surface area contributed by atoms with Crippen molar-refractivity contribution < 1.29 is 0 Å². The van der Waals surface area contributed by atoms with E-state index in [1.165, 1.54) is 40.0 Å². The van der Waals surface area contributed by atoms with Crippen molar-refractivity contribution in [3.05, 3.63) is 82.7 Å². The van der Waals surface area contributed by atoms with Crippen LogP contribution in [-0.4, -0.2) is 13.6 Å². The van der Waals surface area contributed by atoms with Crippen LogP contribution in [0.1, 0.15) is 29.0 Å². The Morgan fingerprint density at radius 1 is 1.04 bits per heavy atom. The molecule has 1 aliphatic rings. The number of hydrogen-bond acceptors (Lipinski definition) is 2. The summed E-state index contributed by atoms with van der Waals surface area (Å²) in [6.45, 7) is 1.08. The molecular weight excluding hydrogens is 310 g/mol. The monoisotopic (exact) mass is 333 g/mol. The van der Waals surface area contributed by atoms with E-state index in [1.54, 1.807) is 0 Å². The van der Waals surface area contributed by atoms with Crippen LogP contribution in [0.15, 0.2) is 66.0 Å². The molecule has 122 valence electrons. The van der Waals surface area contributed by atoms with Crippen LogP contribution in [0, 0.1) is 5.92 Å². The zero-order valence-electron chi connectivity index (χ0n) is 14.0. The average Bonchev–Trinajstić information content (AvgIpc) is 3.17. The van der Waals surface area contributed by atoms with E-state index in [4.69, 9.17) is 0 Å². The predicted octanol–water partition coefficient (Wildman–Crippen LogP) is 5.33. The number of aryl methyl sites for hydroxylation is 1. The van der Waals surface area contributed by atoms with Gasteiger partial charge in [0.15, 0.2) is 0 Å². The zero-order valence-corrected chi connectivity index (χ0v) is 14.9. The Morgan fingerprint density at radius 2 is 1.92 bits per heavy atom. The number of hydrogen-bond donors (Lipinski definition) is 1. The lowest BCUT2D eigenvalue weighted by molar-refractivity contribution is 0.396. The van der Waals surface area contributed by atoms with Crippen LogP contribution < -0.4 is 5.32 Å². The maximum absolute atomic E-state index is 3.40. The number of rotatable bonds is 4. The van der Waals surface area contributed by atoms with Gasteiger partial charge in [-0.15, -0.1) is 11.3 Å². The molecule has 1 N–H and O–H groups in total. The summed E-state index contributed by atoms with van der Waals surface area (Å²) in [6, 6.07) is 22.5. The second-order valence-corrected chi connectivity index (χ2v) is 7.58. The SMILES string of the molecule is CNC[C@H]1CCc2cc(-c3cccs3)ccc2[C@H]1c1ccccc1. The minimum Gasteiger partial charge on any atom is -0.319 e. The summed E-state index contributed by atoms with van der Waals surface area (Å²) in [5.74, 6) is 1.16. The standard InChI is InChI=1S/C22H23NS/c1-23-15-19-10-9-17-14-18(21-8-5-13-24-21)11-12-20(17)22(19)16-6-3-2-4-7-16/h2-8,11-14,19,22-23H,9-10,15H2,1H3/t19-,22+/m1/s1. The molecule has 24 heavy (non-hydrogen) atoms. The van der Waals surface area contributed by atoms with E-state index in [-0.39, 0.29) is 0 Å². The third-order valence-corrected chi connectivity index (χ3v) is 6.08. The first kappa shape index (κ1) is 15.6. The molecule has 1 heterocycles. The fourth-order valence-corrected chi connectivity index (χ4v) is 4.80. The van der Waals surface area contributed by atoms with Gasteiger partial charge in [-0.3, -0.25) is 0 Å². The lowest BCUT2D eigenvalue weighted by Gasteiger charge is -2.34. The first-order valence-corrected chi connectivity index (χ1v) is 9.61. The van der Waals surface area contributed by atoms with Crippen molar-refractivity contribution in [2.45, 2.75) is 18.8 Å². The van der Waals surface area contributed by atoms with Gasteiger partial charge in [0.1, 0.15) is 0 Å². The molecule has 1 nitrogen and oxygen atoms in total. The Morgan fingerprint density at radius 3 is 2.67 bits per heavy atom. The molecule has 2 aromatic carbocycles. The largest absolute Gasteiger partial charge is 0.319 e. The van der Waals surface area contributed by atoms with E-state index < -0.39 is 0 Å². The topological polar surface area (TPSA) is 12.0 Å². The van der Waals surface area contributed by atoms with E-state index in [0.29, 0.717) is 11.8 Å². The molecule has 0 bridgehead atoms. The van der Waals surface area contributed by atoms with Gasteiger partial charge in [-0.2, -0.15) is 0 Å². The van der Waals surface area contributed by atoms with Crippen molar-refractivity contribution in [1.82, 2.24) is 5.32 Å². The van der Waals surface area contributed by atoms with Crippen LogP contribution in [0.25, 0.3) is 10.4 Å². The van der Waals surface area contributed by atoms with Gasteiger partial charge in [-0.05, 0) is 66.1 Å². The minimum atomic E-state index is 0.500. The van der Waals surface area contributed by atoms with Gasteiger partial charge in [-0.25, -0.2) is 0 Å². The number of nitrogens with one attached hydrogen (secondary N) is 1. The summed E-state index contributed by atoms with van der Waals surface area (Å²) < 4.78 is 0. The third-order valence-electron chi connectivity index (χ3n) is 5.16. The number of benzene rings is 2. The fourth-order valence-electron chi connectivity index (χ4n) is 4.08. The van der Waals surface area contributed by atoms with E-state index >= 15 is 0 Å². The quantitative estimate of drug-likeness (QED) is 0.680. The molecule has 4 rings (SSSR count). The summed E-state index contributed by atoms with van der Waals surface area (Å²) in [6.07, 6.45) is 2.44. The number of thiophene rings is 1. The van der Waals surface area contributed by atoms with E-state index in [1.807, 2.05) is 11.3 Å².